The van der Waals surface area contributed by atoms with Gasteiger partial charge in [0.1, 0.15) is 0 Å². The summed E-state index contributed by atoms with van der Waals surface area (Å²) in [6.07, 6.45) is -3.81. The Labute approximate surface area is 75.9 Å². The largest absolute Gasteiger partial charge is 0.573 e. The van der Waals surface area contributed by atoms with Crippen LogP contribution in [0.2, 0.25) is 0 Å². The van der Waals surface area contributed by atoms with Crippen LogP contribution in [-0.4, -0.2) is 16.5 Å². The van der Waals surface area contributed by atoms with Crippen LogP contribution in [0.1, 0.15) is 5.56 Å². The molecule has 0 amide bonds. The van der Waals surface area contributed by atoms with Crippen LogP contribution in [0.15, 0.2) is 17.1 Å². The van der Waals surface area contributed by atoms with E-state index in [0.29, 0.717) is 0 Å². The summed E-state index contributed by atoms with van der Waals surface area (Å²) in [7, 11) is 0. The lowest BCUT2D eigenvalue weighted by molar-refractivity contribution is -0.275. The molecule has 7 heteroatoms. The van der Waals surface area contributed by atoms with Crippen molar-refractivity contribution in [3.05, 3.63) is 28.2 Å². The number of alkyl halides is 3. The van der Waals surface area contributed by atoms with E-state index in [4.69, 9.17) is 5.11 Å². The lowest BCUT2D eigenvalue weighted by Crippen LogP contribution is -2.22. The number of aliphatic hydroxyl groups excluding tert-OH is 1. The Kier molecular flexibility index (Phi) is 2.80. The second kappa shape index (κ2) is 3.70. The highest BCUT2D eigenvalue weighted by molar-refractivity contribution is 5.23. The Morgan fingerprint density at radius 3 is 2.64 bits per heavy atom. The Morgan fingerprint density at radius 2 is 2.14 bits per heavy atom. The number of nitrogens with one attached hydrogen (secondary N) is 1. The van der Waals surface area contributed by atoms with Gasteiger partial charge in [0, 0.05) is 6.20 Å². The molecule has 0 fully saturated rings. The van der Waals surface area contributed by atoms with E-state index in [9.17, 15) is 18.0 Å². The zero-order chi connectivity index (χ0) is 10.8. The minimum absolute atomic E-state index is 0.129. The minimum atomic E-state index is -4.92. The molecule has 78 valence electrons. The number of pyridine rings is 1. The molecule has 0 aromatic carbocycles. The van der Waals surface area contributed by atoms with Crippen LogP contribution in [0.25, 0.3) is 0 Å². The average molecular weight is 209 g/mol. The average Bonchev–Trinajstić information content (AvgIpc) is 2.06. The zero-order valence-corrected chi connectivity index (χ0v) is 6.76. The van der Waals surface area contributed by atoms with Crippen LogP contribution in [0.5, 0.6) is 5.75 Å². The van der Waals surface area contributed by atoms with Crippen molar-refractivity contribution in [3.8, 4) is 5.75 Å². The zero-order valence-electron chi connectivity index (χ0n) is 6.76. The van der Waals surface area contributed by atoms with E-state index >= 15 is 0 Å². The van der Waals surface area contributed by atoms with Gasteiger partial charge in [0.25, 0.3) is 5.56 Å². The molecule has 1 aromatic rings. The third kappa shape index (κ3) is 2.77. The second-order valence-corrected chi connectivity index (χ2v) is 2.41. The van der Waals surface area contributed by atoms with Crippen LogP contribution in [0, 0.1) is 0 Å². The van der Waals surface area contributed by atoms with E-state index in [-0.39, 0.29) is 5.56 Å². The molecule has 14 heavy (non-hydrogen) atoms. The fraction of sp³-hybridized carbons (Fsp3) is 0.286. The summed E-state index contributed by atoms with van der Waals surface area (Å²) in [6, 6.07) is 0.826. The summed E-state index contributed by atoms with van der Waals surface area (Å²) in [4.78, 5) is 12.8. The summed E-state index contributed by atoms with van der Waals surface area (Å²) >= 11 is 0. The number of aliphatic hydroxyl groups is 1. The van der Waals surface area contributed by atoms with E-state index < -0.39 is 24.3 Å². The van der Waals surface area contributed by atoms with Crippen molar-refractivity contribution in [3.63, 3.8) is 0 Å². The predicted octanol–water partition coefficient (Wildman–Crippen LogP) is 0.766. The van der Waals surface area contributed by atoms with Gasteiger partial charge in [-0.05, 0) is 11.6 Å². The predicted molar refractivity (Wildman–Crippen MR) is 39.7 cm³/mol. The summed E-state index contributed by atoms with van der Waals surface area (Å²) in [5.74, 6) is -0.885. The maximum absolute atomic E-state index is 11.7. The van der Waals surface area contributed by atoms with E-state index in [1.165, 1.54) is 0 Å². The van der Waals surface area contributed by atoms with Crippen LogP contribution < -0.4 is 10.3 Å². The van der Waals surface area contributed by atoms with Crippen molar-refractivity contribution in [2.24, 2.45) is 0 Å². The quantitative estimate of drug-likeness (QED) is 0.756. The molecule has 0 aliphatic carbocycles. The molecule has 0 radical (unpaired) electrons. The molecule has 0 atom stereocenters. The van der Waals surface area contributed by atoms with Crippen molar-refractivity contribution < 1.29 is 23.0 Å². The Morgan fingerprint density at radius 1 is 1.50 bits per heavy atom. The lowest BCUT2D eigenvalue weighted by atomic mass is 10.3. The van der Waals surface area contributed by atoms with Gasteiger partial charge in [0.2, 0.25) is 0 Å². The Balaban J connectivity index is 3.01. The Hall–Kier alpha value is -1.50. The van der Waals surface area contributed by atoms with Crippen LogP contribution >= 0.6 is 0 Å². The van der Waals surface area contributed by atoms with Gasteiger partial charge in [-0.15, -0.1) is 13.2 Å². The first-order valence-corrected chi connectivity index (χ1v) is 3.50. The second-order valence-electron chi connectivity index (χ2n) is 2.41. The monoisotopic (exact) mass is 209 g/mol. The van der Waals surface area contributed by atoms with Gasteiger partial charge in [0.15, 0.2) is 5.75 Å². The molecular weight excluding hydrogens is 203 g/mol. The van der Waals surface area contributed by atoms with Crippen LogP contribution in [-0.2, 0) is 6.61 Å². The fourth-order valence-electron chi connectivity index (χ4n) is 0.797. The molecule has 0 aliphatic rings. The van der Waals surface area contributed by atoms with Gasteiger partial charge in [-0.25, -0.2) is 0 Å². The van der Waals surface area contributed by atoms with E-state index in [1.807, 2.05) is 4.98 Å². The van der Waals surface area contributed by atoms with Gasteiger partial charge in [-0.1, -0.05) is 0 Å². The van der Waals surface area contributed by atoms with Crippen molar-refractivity contribution >= 4 is 0 Å². The molecule has 0 unspecified atom stereocenters. The molecule has 0 bridgehead atoms. The molecular formula is C7H6F3NO3. The molecule has 0 spiro atoms. The lowest BCUT2D eigenvalue weighted by Gasteiger charge is -2.08. The van der Waals surface area contributed by atoms with E-state index in [2.05, 4.69) is 4.74 Å². The minimum Gasteiger partial charge on any atom is -0.400 e. The number of rotatable bonds is 2. The summed E-state index contributed by atoms with van der Waals surface area (Å²) < 4.78 is 38.6. The highest BCUT2D eigenvalue weighted by atomic mass is 19.4. The number of hydrogen-bond acceptors (Lipinski definition) is 3. The molecule has 0 saturated carbocycles. The number of H-pyrrole nitrogens is 1. The third-order valence-corrected chi connectivity index (χ3v) is 1.34. The number of aromatic nitrogens is 1. The highest BCUT2D eigenvalue weighted by Gasteiger charge is 2.32. The normalized spacial score (nSPS) is 11.4. The molecule has 4 nitrogen and oxygen atoms in total. The Bertz CT molecular complexity index is 371. The first-order chi connectivity index (χ1) is 6.42. The maximum Gasteiger partial charge on any atom is 0.573 e. The maximum atomic E-state index is 11.7. The summed E-state index contributed by atoms with van der Waals surface area (Å²) in [6.45, 7) is -0.481. The van der Waals surface area contributed by atoms with Gasteiger partial charge < -0.3 is 14.8 Å². The number of halogens is 3. The number of hydrogen-bond donors (Lipinski definition) is 2. The van der Waals surface area contributed by atoms with Crippen molar-refractivity contribution in [2.45, 2.75) is 13.0 Å². The number of aromatic amines is 1. The van der Waals surface area contributed by atoms with Crippen LogP contribution in [0.3, 0.4) is 0 Å². The van der Waals surface area contributed by atoms with E-state index in [1.54, 1.807) is 0 Å². The van der Waals surface area contributed by atoms with Crippen molar-refractivity contribution in [1.29, 1.82) is 0 Å². The molecule has 2 N–H and O–H groups in total. The molecule has 0 saturated heterocycles. The van der Waals surface area contributed by atoms with Crippen LogP contribution in [0.4, 0.5) is 13.2 Å². The van der Waals surface area contributed by atoms with Gasteiger partial charge in [0.05, 0.1) is 6.61 Å². The molecule has 0 aliphatic heterocycles. The first-order valence-electron chi connectivity index (χ1n) is 3.50. The fourth-order valence-corrected chi connectivity index (χ4v) is 0.797. The highest BCUT2D eigenvalue weighted by Crippen LogP contribution is 2.19. The molecule has 1 heterocycles. The SMILES string of the molecule is O=c1[nH]cc(CO)cc1OC(F)(F)F. The number of ether oxygens (including phenoxy) is 1. The smallest absolute Gasteiger partial charge is 0.400 e. The van der Waals surface area contributed by atoms with Gasteiger partial charge >= 0.3 is 6.36 Å². The third-order valence-electron chi connectivity index (χ3n) is 1.34. The van der Waals surface area contributed by atoms with Gasteiger partial charge in [-0.3, -0.25) is 4.79 Å². The van der Waals surface area contributed by atoms with Crippen molar-refractivity contribution in [2.75, 3.05) is 0 Å². The first kappa shape index (κ1) is 10.6. The van der Waals surface area contributed by atoms with Crippen molar-refractivity contribution in [1.82, 2.24) is 4.98 Å². The summed E-state index contributed by atoms with van der Waals surface area (Å²) in [5, 5.41) is 8.59. The molecule has 1 rings (SSSR count). The van der Waals surface area contributed by atoms with E-state index in [0.717, 1.165) is 12.3 Å². The molecule has 1 aromatic heterocycles. The van der Waals surface area contributed by atoms with Gasteiger partial charge in [-0.2, -0.15) is 0 Å². The standard InChI is InChI=1S/C7H6F3NO3/c8-7(9,10)14-5-1-4(3-12)2-11-6(5)13/h1-2,12H,3H2,(H,11,13). The summed E-state index contributed by atoms with van der Waals surface area (Å²) in [5.41, 5.74) is -0.872. The topological polar surface area (TPSA) is 62.3 Å².